The van der Waals surface area contributed by atoms with Crippen LogP contribution in [0.1, 0.15) is 5.56 Å². The van der Waals surface area contributed by atoms with Gasteiger partial charge in [-0.05, 0) is 35.9 Å². The average Bonchev–Trinajstić information content (AvgIpc) is 3.23. The van der Waals surface area contributed by atoms with Gasteiger partial charge in [-0.15, -0.1) is 11.3 Å². The number of aliphatic hydroxyl groups is 1. The molecule has 0 aliphatic rings. The summed E-state index contributed by atoms with van der Waals surface area (Å²) in [6.45, 7) is -0.155. The second-order valence-corrected chi connectivity index (χ2v) is 8.60. The molecule has 9 heteroatoms. The lowest BCUT2D eigenvalue weighted by atomic mass is 10.1. The Labute approximate surface area is 190 Å². The number of aromatic nitrogens is 3. The molecule has 32 heavy (non-hydrogen) atoms. The van der Waals surface area contributed by atoms with Crippen molar-refractivity contribution >= 4 is 43.9 Å². The number of H-pyrrole nitrogens is 1. The maximum absolute atomic E-state index is 13.4. The molecule has 0 atom stereocenters. The third-order valence-electron chi connectivity index (χ3n) is 5.24. The summed E-state index contributed by atoms with van der Waals surface area (Å²) in [6, 6.07) is 12.3. The number of aliphatic hydroxyl groups excluding tert-OH is 1. The number of halogens is 1. The van der Waals surface area contributed by atoms with E-state index in [2.05, 4.69) is 9.97 Å². The fraction of sp³-hybridized carbons (Fsp3) is 0.0870. The molecule has 0 aliphatic heterocycles. The Morgan fingerprint density at radius 1 is 1.16 bits per heavy atom. The average molecular weight is 466 g/mol. The standard InChI is InChI=1S/C23H16ClN3O4S/c1-31-14-4-5-17(24)16(7-14)20-8-18-21(32-20)22(29)27(23(30)26-18)19-10-25-9-13-3-2-12(11-28)6-15(13)19/h2-10,28H,11H2,1H3,(H,26,30). The number of ether oxygens (including phenoxy) is 1. The van der Waals surface area contributed by atoms with Crippen LogP contribution in [0.15, 0.2) is 64.4 Å². The summed E-state index contributed by atoms with van der Waals surface area (Å²) in [4.78, 5) is 34.1. The van der Waals surface area contributed by atoms with E-state index in [1.807, 2.05) is 0 Å². The van der Waals surface area contributed by atoms with Crippen molar-refractivity contribution < 1.29 is 9.84 Å². The molecule has 0 fully saturated rings. The largest absolute Gasteiger partial charge is 0.497 e. The molecule has 160 valence electrons. The van der Waals surface area contributed by atoms with Crippen molar-refractivity contribution in [3.8, 4) is 21.9 Å². The number of fused-ring (bicyclic) bond motifs is 2. The smallest absolute Gasteiger partial charge is 0.333 e. The van der Waals surface area contributed by atoms with Gasteiger partial charge in [-0.2, -0.15) is 0 Å². The number of hydrogen-bond donors (Lipinski definition) is 2. The molecular formula is C23H16ClN3O4S. The van der Waals surface area contributed by atoms with E-state index in [0.29, 0.717) is 43.2 Å². The minimum Gasteiger partial charge on any atom is -0.497 e. The highest BCUT2D eigenvalue weighted by molar-refractivity contribution is 7.22. The van der Waals surface area contributed by atoms with Crippen molar-refractivity contribution in [3.63, 3.8) is 0 Å². The van der Waals surface area contributed by atoms with Crippen LogP contribution in [0.5, 0.6) is 5.75 Å². The molecule has 0 saturated carbocycles. The summed E-state index contributed by atoms with van der Waals surface area (Å²) in [6.07, 6.45) is 3.12. The first-order valence-electron chi connectivity index (χ1n) is 9.61. The van der Waals surface area contributed by atoms with Crippen LogP contribution < -0.4 is 16.0 Å². The predicted molar refractivity (Wildman–Crippen MR) is 126 cm³/mol. The van der Waals surface area contributed by atoms with Gasteiger partial charge in [0.2, 0.25) is 0 Å². The Balaban J connectivity index is 1.77. The Morgan fingerprint density at radius 2 is 2.00 bits per heavy atom. The monoisotopic (exact) mass is 465 g/mol. The van der Waals surface area contributed by atoms with Crippen LogP contribution in [-0.4, -0.2) is 26.8 Å². The summed E-state index contributed by atoms with van der Waals surface area (Å²) >= 11 is 7.61. The molecule has 3 aromatic heterocycles. The summed E-state index contributed by atoms with van der Waals surface area (Å²) in [7, 11) is 1.56. The molecular weight excluding hydrogens is 450 g/mol. The van der Waals surface area contributed by atoms with Crippen molar-refractivity contribution in [3.05, 3.63) is 86.3 Å². The lowest BCUT2D eigenvalue weighted by Gasteiger charge is -2.09. The minimum atomic E-state index is -0.577. The summed E-state index contributed by atoms with van der Waals surface area (Å²) in [5.74, 6) is 0.634. The SMILES string of the molecule is COc1ccc(Cl)c(-c2cc3[nH]c(=O)n(-c4cncc5ccc(CO)cc45)c(=O)c3s2)c1. The zero-order valence-electron chi connectivity index (χ0n) is 16.8. The van der Waals surface area contributed by atoms with E-state index in [9.17, 15) is 14.7 Å². The maximum Gasteiger partial charge on any atom is 0.333 e. The first kappa shape index (κ1) is 20.4. The first-order chi connectivity index (χ1) is 15.5. The first-order valence-corrected chi connectivity index (χ1v) is 10.8. The fourth-order valence-corrected chi connectivity index (χ4v) is 5.00. The molecule has 0 radical (unpaired) electrons. The summed E-state index contributed by atoms with van der Waals surface area (Å²) in [5.41, 5.74) is 1.12. The normalized spacial score (nSPS) is 11.3. The molecule has 0 bridgehead atoms. The van der Waals surface area contributed by atoms with Gasteiger partial charge in [-0.1, -0.05) is 23.7 Å². The van der Waals surface area contributed by atoms with E-state index >= 15 is 0 Å². The van der Waals surface area contributed by atoms with Crippen LogP contribution in [0.3, 0.4) is 0 Å². The molecule has 0 spiro atoms. The van der Waals surface area contributed by atoms with E-state index in [0.717, 1.165) is 14.8 Å². The molecule has 0 aliphatic carbocycles. The van der Waals surface area contributed by atoms with Crippen LogP contribution in [-0.2, 0) is 6.61 Å². The number of aromatic amines is 1. The predicted octanol–water partition coefficient (Wildman–Crippen LogP) is 4.11. The fourth-order valence-electron chi connectivity index (χ4n) is 3.65. The molecule has 0 saturated heterocycles. The third kappa shape index (κ3) is 3.29. The van der Waals surface area contributed by atoms with E-state index in [1.165, 1.54) is 17.5 Å². The molecule has 7 nitrogen and oxygen atoms in total. The number of hydrogen-bond acceptors (Lipinski definition) is 6. The van der Waals surface area contributed by atoms with Gasteiger partial charge in [-0.3, -0.25) is 9.78 Å². The van der Waals surface area contributed by atoms with Gasteiger partial charge in [0.05, 0.1) is 31.1 Å². The van der Waals surface area contributed by atoms with Crippen LogP contribution in [0.4, 0.5) is 0 Å². The number of pyridine rings is 1. The van der Waals surface area contributed by atoms with Gasteiger partial charge >= 0.3 is 5.69 Å². The van der Waals surface area contributed by atoms with Crippen LogP contribution in [0.2, 0.25) is 5.02 Å². The van der Waals surface area contributed by atoms with Gasteiger partial charge in [-0.25, -0.2) is 9.36 Å². The van der Waals surface area contributed by atoms with Crippen molar-refractivity contribution in [2.24, 2.45) is 0 Å². The quantitative estimate of drug-likeness (QED) is 0.416. The second kappa shape index (κ2) is 7.90. The van der Waals surface area contributed by atoms with Gasteiger partial charge in [0.1, 0.15) is 10.4 Å². The van der Waals surface area contributed by atoms with E-state index in [-0.39, 0.29) is 6.61 Å². The maximum atomic E-state index is 13.4. The number of nitrogens with zero attached hydrogens (tertiary/aromatic N) is 2. The number of nitrogens with one attached hydrogen (secondary N) is 1. The van der Waals surface area contributed by atoms with Gasteiger partial charge in [0.15, 0.2) is 0 Å². The van der Waals surface area contributed by atoms with E-state index < -0.39 is 11.2 Å². The molecule has 0 amide bonds. The Hall–Kier alpha value is -3.46. The minimum absolute atomic E-state index is 0.155. The zero-order valence-corrected chi connectivity index (χ0v) is 18.3. The number of rotatable bonds is 4. The number of methoxy groups -OCH3 is 1. The Kier molecular flexibility index (Phi) is 5.05. The lowest BCUT2D eigenvalue weighted by molar-refractivity contribution is 0.282. The molecule has 5 aromatic rings. The lowest BCUT2D eigenvalue weighted by Crippen LogP contribution is -2.33. The van der Waals surface area contributed by atoms with Crippen LogP contribution in [0.25, 0.3) is 37.1 Å². The highest BCUT2D eigenvalue weighted by Crippen LogP contribution is 2.37. The van der Waals surface area contributed by atoms with Crippen molar-refractivity contribution in [2.75, 3.05) is 7.11 Å². The van der Waals surface area contributed by atoms with Crippen molar-refractivity contribution in [1.82, 2.24) is 14.5 Å². The number of benzene rings is 2. The molecule has 2 aromatic carbocycles. The zero-order chi connectivity index (χ0) is 22.4. The molecule has 3 heterocycles. The summed E-state index contributed by atoms with van der Waals surface area (Å²) in [5, 5.41) is 11.4. The van der Waals surface area contributed by atoms with Crippen LogP contribution >= 0.6 is 22.9 Å². The second-order valence-electron chi connectivity index (χ2n) is 7.14. The highest BCUT2D eigenvalue weighted by Gasteiger charge is 2.17. The van der Waals surface area contributed by atoms with Crippen molar-refractivity contribution in [2.45, 2.75) is 6.61 Å². The Morgan fingerprint density at radius 3 is 2.78 bits per heavy atom. The topological polar surface area (TPSA) is 97.2 Å². The Bertz CT molecular complexity index is 1620. The van der Waals surface area contributed by atoms with Gasteiger partial charge in [0.25, 0.3) is 5.56 Å². The highest BCUT2D eigenvalue weighted by atomic mass is 35.5. The van der Waals surface area contributed by atoms with Gasteiger partial charge in [0, 0.05) is 32.4 Å². The van der Waals surface area contributed by atoms with Gasteiger partial charge < -0.3 is 14.8 Å². The molecule has 5 rings (SSSR count). The molecule has 0 unspecified atom stereocenters. The van der Waals surface area contributed by atoms with Crippen molar-refractivity contribution in [1.29, 1.82) is 0 Å². The van der Waals surface area contributed by atoms with E-state index in [1.54, 1.807) is 55.8 Å². The third-order valence-corrected chi connectivity index (χ3v) is 6.73. The number of thiophene rings is 1. The van der Waals surface area contributed by atoms with Crippen LogP contribution in [0, 0.1) is 0 Å². The van der Waals surface area contributed by atoms with E-state index in [4.69, 9.17) is 16.3 Å². The summed E-state index contributed by atoms with van der Waals surface area (Å²) < 4.78 is 6.74. The molecule has 2 N–H and O–H groups in total.